The summed E-state index contributed by atoms with van der Waals surface area (Å²) in [5, 5.41) is 1.85. The van der Waals surface area contributed by atoms with Crippen LogP contribution in [-0.2, 0) is 28.5 Å². The first-order valence-electron chi connectivity index (χ1n) is 12.1. The highest BCUT2D eigenvalue weighted by Crippen LogP contribution is 2.25. The van der Waals surface area contributed by atoms with E-state index in [0.717, 1.165) is 10.8 Å². The lowest BCUT2D eigenvalue weighted by atomic mass is 10.1. The molecule has 0 aliphatic rings. The van der Waals surface area contributed by atoms with Gasteiger partial charge in [0.15, 0.2) is 12.2 Å². The van der Waals surface area contributed by atoms with Gasteiger partial charge in [0, 0.05) is 11.1 Å². The monoisotopic (exact) mass is 524 g/mol. The summed E-state index contributed by atoms with van der Waals surface area (Å²) in [4.78, 5) is 23.9. The maximum absolute atomic E-state index is 11.9. The fourth-order valence-corrected chi connectivity index (χ4v) is 3.06. The highest BCUT2D eigenvalue weighted by molar-refractivity contribution is 5.87. The summed E-state index contributed by atoms with van der Waals surface area (Å²) in [6.07, 6.45) is 2.03. The molecule has 0 radical (unpaired) electrons. The lowest BCUT2D eigenvalue weighted by Crippen LogP contribution is -2.30. The molecule has 0 spiro atoms. The Morgan fingerprint density at radius 2 is 1.11 bits per heavy atom. The Morgan fingerprint density at radius 3 is 1.45 bits per heavy atom. The second kappa shape index (κ2) is 16.1. The summed E-state index contributed by atoms with van der Waals surface area (Å²) in [7, 11) is 0. The molecule has 0 aromatic heterocycles. The average molecular weight is 525 g/mol. The van der Waals surface area contributed by atoms with Crippen LogP contribution in [0.15, 0.2) is 86.0 Å². The molecule has 0 heterocycles. The Balaban J connectivity index is 2.02. The van der Waals surface area contributed by atoms with E-state index in [9.17, 15) is 9.59 Å². The molecule has 0 N–H and O–H groups in total. The predicted molar refractivity (Wildman–Crippen MR) is 146 cm³/mol. The first-order chi connectivity index (χ1) is 18.2. The molecule has 2 unspecified atom stereocenters. The van der Waals surface area contributed by atoms with E-state index >= 15 is 0 Å². The van der Waals surface area contributed by atoms with Gasteiger partial charge in [0.1, 0.15) is 24.7 Å². The van der Waals surface area contributed by atoms with E-state index in [2.05, 4.69) is 26.3 Å². The van der Waals surface area contributed by atoms with Crippen LogP contribution in [0, 0.1) is 0 Å². The molecule has 0 aliphatic heterocycles. The molecule has 2 rings (SSSR count). The van der Waals surface area contributed by atoms with Gasteiger partial charge >= 0.3 is 11.9 Å². The van der Waals surface area contributed by atoms with Crippen LogP contribution in [-0.4, -0.2) is 63.8 Å². The van der Waals surface area contributed by atoms with Gasteiger partial charge in [0.2, 0.25) is 0 Å². The lowest BCUT2D eigenvalue weighted by molar-refractivity contribution is -0.149. The molecule has 0 amide bonds. The van der Waals surface area contributed by atoms with Crippen molar-refractivity contribution in [2.75, 3.05) is 39.6 Å². The number of carbonyl (C=O) groups is 2. The highest BCUT2D eigenvalue weighted by atomic mass is 16.6. The molecule has 0 saturated carbocycles. The van der Waals surface area contributed by atoms with Crippen LogP contribution >= 0.6 is 0 Å². The molecule has 8 heteroatoms. The molecule has 2 atom stereocenters. The highest BCUT2D eigenvalue weighted by Gasteiger charge is 2.18. The first-order valence-corrected chi connectivity index (χ1v) is 12.1. The molecular weight excluding hydrogens is 488 g/mol. The number of hydrogen-bond donors (Lipinski definition) is 0. The summed E-state index contributed by atoms with van der Waals surface area (Å²) in [6, 6.07) is 11.2. The van der Waals surface area contributed by atoms with E-state index in [1.165, 1.54) is 0 Å². The summed E-state index contributed by atoms with van der Waals surface area (Å²) in [5.41, 5.74) is 0.596. The number of ether oxygens (including phenoxy) is 6. The molecule has 0 bridgehead atoms. The SMILES string of the molecule is C=CCOCC(COc1ccc2cc(OCC(COCC=C)OC(=O)C(=C)C)ccc2c1)OC(=O)C(=C)C. The van der Waals surface area contributed by atoms with Crippen molar-refractivity contribution in [1.29, 1.82) is 0 Å². The number of carbonyl (C=O) groups excluding carboxylic acids is 2. The quantitative estimate of drug-likeness (QED) is 0.117. The van der Waals surface area contributed by atoms with Crippen LogP contribution in [0.4, 0.5) is 0 Å². The van der Waals surface area contributed by atoms with Gasteiger partial charge in [0.05, 0.1) is 26.4 Å². The van der Waals surface area contributed by atoms with E-state index in [1.54, 1.807) is 26.0 Å². The van der Waals surface area contributed by atoms with Crippen LogP contribution < -0.4 is 9.47 Å². The second-order valence-corrected chi connectivity index (χ2v) is 8.56. The summed E-state index contributed by atoms with van der Waals surface area (Å²) < 4.78 is 33.4. The number of hydrogen-bond acceptors (Lipinski definition) is 8. The maximum atomic E-state index is 11.9. The third-order valence-electron chi connectivity index (χ3n) is 4.98. The smallest absolute Gasteiger partial charge is 0.333 e. The van der Waals surface area contributed by atoms with Gasteiger partial charge in [-0.25, -0.2) is 9.59 Å². The van der Waals surface area contributed by atoms with Gasteiger partial charge in [-0.2, -0.15) is 0 Å². The minimum Gasteiger partial charge on any atom is -0.490 e. The topological polar surface area (TPSA) is 89.5 Å². The van der Waals surface area contributed by atoms with Gasteiger partial charge in [-0.3, -0.25) is 0 Å². The first kappa shape index (κ1) is 30.3. The summed E-state index contributed by atoms with van der Waals surface area (Å²) >= 11 is 0. The largest absolute Gasteiger partial charge is 0.490 e. The van der Waals surface area contributed by atoms with E-state index < -0.39 is 24.1 Å². The molecule has 204 valence electrons. The van der Waals surface area contributed by atoms with E-state index in [1.807, 2.05) is 36.4 Å². The molecule has 0 saturated heterocycles. The fraction of sp³-hybridized carbons (Fsp3) is 0.333. The zero-order valence-corrected chi connectivity index (χ0v) is 22.1. The minimum absolute atomic E-state index is 0.112. The standard InChI is InChI=1S/C30H36O8/c1-7-13-33-17-27(37-29(31)21(3)4)19-35-25-11-9-24-16-26(12-10-23(24)15-25)36-20-28(18-34-14-8-2)38-30(32)22(5)6/h7-12,15-16,27-28H,1-3,5,13-14,17-20H2,4,6H3. The summed E-state index contributed by atoms with van der Waals surface area (Å²) in [5.74, 6) is 0.210. The second-order valence-electron chi connectivity index (χ2n) is 8.56. The summed E-state index contributed by atoms with van der Waals surface area (Å²) in [6.45, 7) is 18.8. The van der Waals surface area contributed by atoms with Crippen molar-refractivity contribution in [2.45, 2.75) is 26.1 Å². The number of esters is 2. The molecule has 38 heavy (non-hydrogen) atoms. The van der Waals surface area contributed by atoms with Crippen molar-refractivity contribution < 1.29 is 38.0 Å². The van der Waals surface area contributed by atoms with E-state index in [0.29, 0.717) is 35.9 Å². The van der Waals surface area contributed by atoms with Crippen LogP contribution in [0.2, 0.25) is 0 Å². The maximum Gasteiger partial charge on any atom is 0.333 e. The zero-order valence-electron chi connectivity index (χ0n) is 22.1. The third kappa shape index (κ3) is 10.6. The normalized spacial score (nSPS) is 12.2. The molecule has 8 nitrogen and oxygen atoms in total. The Hall–Kier alpha value is -3.88. The van der Waals surface area contributed by atoms with Gasteiger partial charge in [0.25, 0.3) is 0 Å². The molecule has 2 aromatic rings. The van der Waals surface area contributed by atoms with Crippen LogP contribution in [0.3, 0.4) is 0 Å². The van der Waals surface area contributed by atoms with E-state index in [4.69, 9.17) is 28.4 Å². The van der Waals surface area contributed by atoms with Crippen molar-refractivity contribution in [3.05, 3.63) is 86.0 Å². The van der Waals surface area contributed by atoms with Gasteiger partial charge in [-0.1, -0.05) is 37.4 Å². The molecule has 2 aromatic carbocycles. The van der Waals surface area contributed by atoms with Crippen molar-refractivity contribution in [2.24, 2.45) is 0 Å². The van der Waals surface area contributed by atoms with Gasteiger partial charge in [-0.15, -0.1) is 13.2 Å². The van der Waals surface area contributed by atoms with Crippen molar-refractivity contribution in [3.8, 4) is 11.5 Å². The van der Waals surface area contributed by atoms with Crippen LogP contribution in [0.25, 0.3) is 10.8 Å². The minimum atomic E-state index is -0.604. The number of benzene rings is 2. The number of rotatable bonds is 18. The van der Waals surface area contributed by atoms with Crippen molar-refractivity contribution >= 4 is 22.7 Å². The Morgan fingerprint density at radius 1 is 0.711 bits per heavy atom. The molecular formula is C30H36O8. The predicted octanol–water partition coefficient (Wildman–Crippen LogP) is 4.98. The van der Waals surface area contributed by atoms with Crippen molar-refractivity contribution in [3.63, 3.8) is 0 Å². The lowest BCUT2D eigenvalue weighted by Gasteiger charge is -2.19. The zero-order chi connectivity index (χ0) is 27.9. The average Bonchev–Trinajstić information content (AvgIpc) is 2.89. The fourth-order valence-electron chi connectivity index (χ4n) is 3.06. The van der Waals surface area contributed by atoms with Gasteiger partial charge < -0.3 is 28.4 Å². The van der Waals surface area contributed by atoms with E-state index in [-0.39, 0.29) is 26.4 Å². The van der Waals surface area contributed by atoms with Gasteiger partial charge in [-0.05, 0) is 48.9 Å². The number of fused-ring (bicyclic) bond motifs is 1. The Bertz CT molecular complexity index is 1050. The Kier molecular flexibility index (Phi) is 12.8. The third-order valence-corrected chi connectivity index (χ3v) is 4.98. The molecule has 0 fully saturated rings. The van der Waals surface area contributed by atoms with Crippen LogP contribution in [0.5, 0.6) is 11.5 Å². The Labute approximate surface area is 224 Å². The van der Waals surface area contributed by atoms with Crippen molar-refractivity contribution in [1.82, 2.24) is 0 Å². The molecule has 0 aliphatic carbocycles. The van der Waals surface area contributed by atoms with Crippen LogP contribution in [0.1, 0.15) is 13.8 Å².